The van der Waals surface area contributed by atoms with Crippen molar-refractivity contribution in [1.82, 2.24) is 14.8 Å². The van der Waals surface area contributed by atoms with Crippen molar-refractivity contribution in [2.75, 3.05) is 5.32 Å². The number of halogens is 2. The molecule has 0 atom stereocenters. The van der Waals surface area contributed by atoms with Crippen LogP contribution in [0.4, 0.5) is 10.1 Å². The average molecular weight is 399 g/mol. The number of carbonyl (C=O) groups is 1. The van der Waals surface area contributed by atoms with Gasteiger partial charge in [0.2, 0.25) is 0 Å². The number of hydrogen-bond donors (Lipinski definition) is 1. The van der Waals surface area contributed by atoms with Crippen LogP contribution in [-0.2, 0) is 0 Å². The van der Waals surface area contributed by atoms with Gasteiger partial charge < -0.3 is 5.32 Å². The van der Waals surface area contributed by atoms with E-state index in [-0.39, 0.29) is 16.4 Å². The monoisotopic (exact) mass is 398 g/mol. The third-order valence-electron chi connectivity index (χ3n) is 3.77. The van der Waals surface area contributed by atoms with Crippen molar-refractivity contribution in [3.05, 3.63) is 82.8 Å². The molecule has 0 unspecified atom stereocenters. The molecular formula is C19H12ClFN4OS. The molecular weight excluding hydrogens is 387 g/mol. The van der Waals surface area contributed by atoms with Gasteiger partial charge in [0.1, 0.15) is 16.5 Å². The zero-order chi connectivity index (χ0) is 18.8. The van der Waals surface area contributed by atoms with Gasteiger partial charge in [0, 0.05) is 22.2 Å². The molecule has 4 aromatic rings. The molecule has 1 amide bonds. The first-order chi connectivity index (χ1) is 13.1. The van der Waals surface area contributed by atoms with E-state index in [1.54, 1.807) is 16.3 Å². The third kappa shape index (κ3) is 3.74. The van der Waals surface area contributed by atoms with Crippen LogP contribution >= 0.6 is 22.9 Å². The maximum Gasteiger partial charge on any atom is 0.275 e. The maximum absolute atomic E-state index is 13.8. The van der Waals surface area contributed by atoms with Crippen LogP contribution in [0.15, 0.2) is 66.3 Å². The Hall–Kier alpha value is -3.03. The van der Waals surface area contributed by atoms with E-state index in [0.29, 0.717) is 5.01 Å². The van der Waals surface area contributed by atoms with Crippen molar-refractivity contribution in [2.24, 2.45) is 0 Å². The smallest absolute Gasteiger partial charge is 0.275 e. The minimum atomic E-state index is -0.601. The molecule has 0 saturated heterocycles. The maximum atomic E-state index is 13.8. The Morgan fingerprint density at radius 2 is 2.00 bits per heavy atom. The fourth-order valence-electron chi connectivity index (χ4n) is 2.44. The van der Waals surface area contributed by atoms with E-state index in [9.17, 15) is 9.18 Å². The summed E-state index contributed by atoms with van der Waals surface area (Å²) in [6.45, 7) is 0. The first kappa shape index (κ1) is 17.4. The standard InChI is InChI=1S/C19H12ClFN4OS/c20-13-6-7-16(15(21)8-13)23-18(26)17-11-27-19(24-17)12-9-22-25(10-12)14-4-2-1-3-5-14/h1-11H,(H,23,26). The van der Waals surface area contributed by atoms with Gasteiger partial charge in [0.25, 0.3) is 5.91 Å². The van der Waals surface area contributed by atoms with E-state index in [0.717, 1.165) is 17.3 Å². The fourth-order valence-corrected chi connectivity index (χ4v) is 3.38. The number of nitrogens with zero attached hydrogens (tertiary/aromatic N) is 3. The molecule has 1 N–H and O–H groups in total. The zero-order valence-corrected chi connectivity index (χ0v) is 15.3. The van der Waals surface area contributed by atoms with Gasteiger partial charge in [-0.3, -0.25) is 4.79 Å². The Morgan fingerprint density at radius 1 is 1.19 bits per heavy atom. The van der Waals surface area contributed by atoms with E-state index >= 15 is 0 Å². The van der Waals surface area contributed by atoms with Crippen LogP contribution in [0.5, 0.6) is 0 Å². The number of anilines is 1. The fraction of sp³-hybridized carbons (Fsp3) is 0. The number of aromatic nitrogens is 3. The number of hydrogen-bond acceptors (Lipinski definition) is 4. The molecule has 0 fully saturated rings. The molecule has 0 spiro atoms. The van der Waals surface area contributed by atoms with Crippen LogP contribution in [0.1, 0.15) is 10.5 Å². The van der Waals surface area contributed by atoms with Gasteiger partial charge in [0.05, 0.1) is 17.6 Å². The summed E-state index contributed by atoms with van der Waals surface area (Å²) in [7, 11) is 0. The minimum absolute atomic E-state index is 0.0517. The van der Waals surface area contributed by atoms with Gasteiger partial charge in [-0.2, -0.15) is 5.10 Å². The predicted molar refractivity (Wildman–Crippen MR) is 104 cm³/mol. The number of rotatable bonds is 4. The second-order valence-electron chi connectivity index (χ2n) is 5.63. The van der Waals surface area contributed by atoms with Crippen LogP contribution in [0, 0.1) is 5.82 Å². The van der Waals surface area contributed by atoms with Crippen molar-refractivity contribution < 1.29 is 9.18 Å². The number of thiazole rings is 1. The summed E-state index contributed by atoms with van der Waals surface area (Å²) < 4.78 is 15.6. The summed E-state index contributed by atoms with van der Waals surface area (Å²) in [5.74, 6) is -1.09. The van der Waals surface area contributed by atoms with E-state index in [4.69, 9.17) is 11.6 Å². The predicted octanol–water partition coefficient (Wildman–Crippen LogP) is 5.04. The molecule has 2 aromatic heterocycles. The molecule has 8 heteroatoms. The highest BCUT2D eigenvalue weighted by Gasteiger charge is 2.15. The van der Waals surface area contributed by atoms with Crippen molar-refractivity contribution in [1.29, 1.82) is 0 Å². The Morgan fingerprint density at radius 3 is 2.78 bits per heavy atom. The molecule has 0 bridgehead atoms. The lowest BCUT2D eigenvalue weighted by Crippen LogP contribution is -2.13. The largest absolute Gasteiger partial charge is 0.318 e. The number of carbonyl (C=O) groups excluding carboxylic acids is 1. The number of nitrogens with one attached hydrogen (secondary N) is 1. The lowest BCUT2D eigenvalue weighted by Gasteiger charge is -2.04. The van der Waals surface area contributed by atoms with Crippen LogP contribution in [0.2, 0.25) is 5.02 Å². The van der Waals surface area contributed by atoms with Crippen LogP contribution in [0.3, 0.4) is 0 Å². The topological polar surface area (TPSA) is 59.8 Å². The molecule has 0 aliphatic carbocycles. The lowest BCUT2D eigenvalue weighted by molar-refractivity contribution is 0.102. The third-order valence-corrected chi connectivity index (χ3v) is 4.89. The van der Waals surface area contributed by atoms with Gasteiger partial charge in [-0.1, -0.05) is 29.8 Å². The summed E-state index contributed by atoms with van der Waals surface area (Å²) in [5.41, 5.74) is 1.98. The van der Waals surface area contributed by atoms with E-state index in [1.165, 1.54) is 23.5 Å². The van der Waals surface area contributed by atoms with Crippen molar-refractivity contribution >= 4 is 34.5 Å². The average Bonchev–Trinajstić information content (AvgIpc) is 3.34. The van der Waals surface area contributed by atoms with Gasteiger partial charge >= 0.3 is 0 Å². The quantitative estimate of drug-likeness (QED) is 0.523. The molecule has 4 rings (SSSR count). The molecule has 27 heavy (non-hydrogen) atoms. The highest BCUT2D eigenvalue weighted by molar-refractivity contribution is 7.13. The van der Waals surface area contributed by atoms with Crippen molar-refractivity contribution in [3.8, 4) is 16.3 Å². The molecule has 2 heterocycles. The van der Waals surface area contributed by atoms with Gasteiger partial charge in [0.15, 0.2) is 0 Å². The molecule has 0 aliphatic heterocycles. The molecule has 0 saturated carbocycles. The minimum Gasteiger partial charge on any atom is -0.318 e. The molecule has 134 valence electrons. The van der Waals surface area contributed by atoms with Gasteiger partial charge in [-0.25, -0.2) is 14.1 Å². The first-order valence-corrected chi connectivity index (χ1v) is 9.18. The summed E-state index contributed by atoms with van der Waals surface area (Å²) in [4.78, 5) is 16.7. The zero-order valence-electron chi connectivity index (χ0n) is 13.8. The second-order valence-corrected chi connectivity index (χ2v) is 6.92. The Labute approximate surface area is 163 Å². The Balaban J connectivity index is 1.53. The Kier molecular flexibility index (Phi) is 4.70. The summed E-state index contributed by atoms with van der Waals surface area (Å²) >= 11 is 7.03. The van der Waals surface area contributed by atoms with Crippen molar-refractivity contribution in [3.63, 3.8) is 0 Å². The van der Waals surface area contributed by atoms with Gasteiger partial charge in [-0.15, -0.1) is 11.3 Å². The highest BCUT2D eigenvalue weighted by Crippen LogP contribution is 2.25. The number of para-hydroxylation sites is 1. The Bertz CT molecular complexity index is 1110. The molecule has 2 aromatic carbocycles. The van der Waals surface area contributed by atoms with Gasteiger partial charge in [-0.05, 0) is 30.3 Å². The summed E-state index contributed by atoms with van der Waals surface area (Å²) in [6.07, 6.45) is 3.53. The van der Waals surface area contributed by atoms with Crippen LogP contribution < -0.4 is 5.32 Å². The summed E-state index contributed by atoms with van der Waals surface area (Å²) in [6, 6.07) is 13.7. The first-order valence-electron chi connectivity index (χ1n) is 7.92. The normalized spacial score (nSPS) is 10.7. The molecule has 5 nitrogen and oxygen atoms in total. The highest BCUT2D eigenvalue weighted by atomic mass is 35.5. The number of amides is 1. The molecule has 0 aliphatic rings. The lowest BCUT2D eigenvalue weighted by atomic mass is 10.3. The van der Waals surface area contributed by atoms with E-state index < -0.39 is 11.7 Å². The number of benzene rings is 2. The van der Waals surface area contributed by atoms with Crippen molar-refractivity contribution in [2.45, 2.75) is 0 Å². The van der Waals surface area contributed by atoms with Crippen LogP contribution in [0.25, 0.3) is 16.3 Å². The van der Waals surface area contributed by atoms with E-state index in [2.05, 4.69) is 15.4 Å². The van der Waals surface area contributed by atoms with Crippen LogP contribution in [-0.4, -0.2) is 20.7 Å². The van der Waals surface area contributed by atoms with E-state index in [1.807, 2.05) is 36.5 Å². The summed E-state index contributed by atoms with van der Waals surface area (Å²) in [5, 5.41) is 9.36. The second kappa shape index (κ2) is 7.30. The molecule has 0 radical (unpaired) electrons. The SMILES string of the molecule is O=C(Nc1ccc(Cl)cc1F)c1csc(-c2cnn(-c3ccccc3)c2)n1.